The molecular weight excluding hydrogens is 411 g/mol. The summed E-state index contributed by atoms with van der Waals surface area (Å²) in [5.41, 5.74) is 2.62. The number of fused-ring (bicyclic) bond motifs is 1. The van der Waals surface area contributed by atoms with Crippen LogP contribution in [0.25, 0.3) is 0 Å². The molecule has 1 saturated carbocycles. The summed E-state index contributed by atoms with van der Waals surface area (Å²) < 4.78 is 13.8. The Kier molecular flexibility index (Phi) is 6.39. The van der Waals surface area contributed by atoms with Gasteiger partial charge in [-0.1, -0.05) is 30.7 Å². The summed E-state index contributed by atoms with van der Waals surface area (Å²) in [5, 5.41) is 8.14. The molecule has 2 aliphatic rings. The largest absolute Gasteiger partial charge is 0.344 e. The number of carbonyl (C=O) groups excluding carboxylic acids is 3. The Morgan fingerprint density at radius 1 is 1.03 bits per heavy atom. The molecule has 0 bridgehead atoms. The number of anilines is 2. The highest BCUT2D eigenvalue weighted by Crippen LogP contribution is 2.28. The lowest BCUT2D eigenvalue weighted by molar-refractivity contribution is -0.138. The van der Waals surface area contributed by atoms with E-state index in [4.69, 9.17) is 0 Å². The van der Waals surface area contributed by atoms with Gasteiger partial charge in [-0.05, 0) is 55.5 Å². The minimum absolute atomic E-state index is 0.0384. The van der Waals surface area contributed by atoms with Crippen LogP contribution < -0.4 is 16.0 Å². The van der Waals surface area contributed by atoms with E-state index in [1.54, 1.807) is 30.0 Å². The second-order valence-electron chi connectivity index (χ2n) is 8.37. The minimum Gasteiger partial charge on any atom is -0.344 e. The van der Waals surface area contributed by atoms with Crippen LogP contribution in [0, 0.1) is 11.7 Å². The van der Waals surface area contributed by atoms with Crippen molar-refractivity contribution in [3.63, 3.8) is 0 Å². The summed E-state index contributed by atoms with van der Waals surface area (Å²) in [5.74, 6) is -0.622. The predicted molar refractivity (Wildman–Crippen MR) is 120 cm³/mol. The average molecular weight is 439 g/mol. The van der Waals surface area contributed by atoms with Crippen molar-refractivity contribution in [1.29, 1.82) is 0 Å². The van der Waals surface area contributed by atoms with E-state index in [0.29, 0.717) is 25.2 Å². The van der Waals surface area contributed by atoms with Gasteiger partial charge in [0, 0.05) is 24.7 Å². The van der Waals surface area contributed by atoms with Gasteiger partial charge in [0.15, 0.2) is 0 Å². The first-order valence-corrected chi connectivity index (χ1v) is 10.9. The Morgan fingerprint density at radius 2 is 1.75 bits per heavy atom. The first kappa shape index (κ1) is 21.8. The molecule has 168 valence electrons. The van der Waals surface area contributed by atoms with Gasteiger partial charge in [-0.3, -0.25) is 9.59 Å². The Labute approximate surface area is 186 Å². The van der Waals surface area contributed by atoms with Crippen molar-refractivity contribution in [2.45, 2.75) is 45.2 Å². The number of urea groups is 1. The fourth-order valence-corrected chi connectivity index (χ4v) is 4.09. The van der Waals surface area contributed by atoms with E-state index >= 15 is 0 Å². The zero-order chi connectivity index (χ0) is 22.7. The Bertz CT molecular complexity index is 1040. The average Bonchev–Trinajstić information content (AvgIpc) is 2.73. The Hall–Kier alpha value is -3.42. The van der Waals surface area contributed by atoms with Crippen molar-refractivity contribution >= 4 is 29.2 Å². The second kappa shape index (κ2) is 9.38. The third-order valence-corrected chi connectivity index (χ3v) is 6.15. The minimum atomic E-state index is -0.572. The molecule has 2 aromatic rings. The molecule has 1 aliphatic heterocycles. The van der Waals surface area contributed by atoms with Crippen molar-refractivity contribution in [1.82, 2.24) is 10.2 Å². The molecule has 1 unspecified atom stereocenters. The smallest absolute Gasteiger partial charge is 0.323 e. The van der Waals surface area contributed by atoms with Crippen molar-refractivity contribution in [2.75, 3.05) is 17.2 Å². The SMILES string of the molecule is CC(NC(=O)C1CCC1)C(=O)N1CCc2c(cccc2NC(=O)Nc2ccccc2F)C1. The number of nitrogens with zero attached hydrogens (tertiary/aromatic N) is 1. The molecule has 0 saturated heterocycles. The van der Waals surface area contributed by atoms with E-state index in [2.05, 4.69) is 16.0 Å². The molecule has 4 rings (SSSR count). The molecule has 2 aromatic carbocycles. The van der Waals surface area contributed by atoms with Gasteiger partial charge in [0.2, 0.25) is 11.8 Å². The summed E-state index contributed by atoms with van der Waals surface area (Å²) in [7, 11) is 0. The van der Waals surface area contributed by atoms with Crippen LogP contribution in [-0.2, 0) is 22.6 Å². The first-order chi connectivity index (χ1) is 15.4. The highest BCUT2D eigenvalue weighted by molar-refractivity contribution is 6.00. The first-order valence-electron chi connectivity index (χ1n) is 10.9. The van der Waals surface area contributed by atoms with Gasteiger partial charge in [0.1, 0.15) is 11.9 Å². The van der Waals surface area contributed by atoms with Crippen LogP contribution >= 0.6 is 0 Å². The van der Waals surface area contributed by atoms with Crippen LogP contribution in [0.5, 0.6) is 0 Å². The predicted octanol–water partition coefficient (Wildman–Crippen LogP) is 3.66. The lowest BCUT2D eigenvalue weighted by Gasteiger charge is -2.33. The molecule has 32 heavy (non-hydrogen) atoms. The summed E-state index contributed by atoms with van der Waals surface area (Å²) in [4.78, 5) is 39.1. The summed E-state index contributed by atoms with van der Waals surface area (Å²) in [6.45, 7) is 2.62. The lowest BCUT2D eigenvalue weighted by Crippen LogP contribution is -2.50. The number of hydrogen-bond acceptors (Lipinski definition) is 3. The van der Waals surface area contributed by atoms with Gasteiger partial charge < -0.3 is 20.9 Å². The zero-order valence-electron chi connectivity index (χ0n) is 18.0. The number of rotatable bonds is 5. The van der Waals surface area contributed by atoms with E-state index in [1.165, 1.54) is 12.1 Å². The Balaban J connectivity index is 1.38. The molecular formula is C24H27FN4O3. The lowest BCUT2D eigenvalue weighted by atomic mass is 9.84. The fraction of sp³-hybridized carbons (Fsp3) is 0.375. The standard InChI is InChI=1S/C24H27FN4O3/c1-15(26-22(30)16-6-4-7-16)23(31)29-13-12-18-17(14-29)8-5-11-20(18)27-24(32)28-21-10-3-2-9-19(21)25/h2-3,5,8-11,15-16H,4,6-7,12-14H2,1H3,(H,26,30)(H2,27,28,32). The number of hydrogen-bond donors (Lipinski definition) is 3. The number of para-hydroxylation sites is 1. The van der Waals surface area contributed by atoms with E-state index in [1.807, 2.05) is 12.1 Å². The zero-order valence-corrected chi connectivity index (χ0v) is 18.0. The third-order valence-electron chi connectivity index (χ3n) is 6.15. The van der Waals surface area contributed by atoms with Crippen LogP contribution in [0.4, 0.5) is 20.6 Å². The molecule has 0 spiro atoms. The van der Waals surface area contributed by atoms with E-state index in [9.17, 15) is 18.8 Å². The highest BCUT2D eigenvalue weighted by atomic mass is 19.1. The number of benzene rings is 2. The number of halogens is 1. The van der Waals surface area contributed by atoms with Gasteiger partial charge in [-0.2, -0.15) is 0 Å². The van der Waals surface area contributed by atoms with Crippen LogP contribution in [0.2, 0.25) is 0 Å². The van der Waals surface area contributed by atoms with E-state index in [0.717, 1.165) is 30.4 Å². The van der Waals surface area contributed by atoms with Gasteiger partial charge in [-0.15, -0.1) is 0 Å². The van der Waals surface area contributed by atoms with Crippen molar-refractivity contribution in [2.24, 2.45) is 5.92 Å². The monoisotopic (exact) mass is 438 g/mol. The fourth-order valence-electron chi connectivity index (χ4n) is 4.09. The molecule has 7 nitrogen and oxygen atoms in total. The number of carbonyl (C=O) groups is 3. The molecule has 1 fully saturated rings. The molecule has 1 heterocycles. The van der Waals surface area contributed by atoms with Gasteiger partial charge in [-0.25, -0.2) is 9.18 Å². The van der Waals surface area contributed by atoms with Crippen LogP contribution in [0.15, 0.2) is 42.5 Å². The third kappa shape index (κ3) is 4.74. The quantitative estimate of drug-likeness (QED) is 0.666. The molecule has 1 atom stereocenters. The molecule has 1 aliphatic carbocycles. The maximum Gasteiger partial charge on any atom is 0.323 e. The van der Waals surface area contributed by atoms with Crippen LogP contribution in [-0.4, -0.2) is 35.3 Å². The van der Waals surface area contributed by atoms with E-state index in [-0.39, 0.29) is 23.4 Å². The molecule has 0 radical (unpaired) electrons. The summed E-state index contributed by atoms with van der Waals surface area (Å²) in [6.07, 6.45) is 3.42. The summed E-state index contributed by atoms with van der Waals surface area (Å²) in [6, 6.07) is 10.4. The van der Waals surface area contributed by atoms with Crippen LogP contribution in [0.3, 0.4) is 0 Å². The second-order valence-corrected chi connectivity index (χ2v) is 8.37. The summed E-state index contributed by atoms with van der Waals surface area (Å²) >= 11 is 0. The highest BCUT2D eigenvalue weighted by Gasteiger charge is 2.30. The van der Waals surface area contributed by atoms with Crippen molar-refractivity contribution in [3.8, 4) is 0 Å². The van der Waals surface area contributed by atoms with Crippen LogP contribution in [0.1, 0.15) is 37.3 Å². The Morgan fingerprint density at radius 3 is 2.47 bits per heavy atom. The normalized spacial score (nSPS) is 16.4. The number of amides is 4. The molecule has 8 heteroatoms. The maximum absolute atomic E-state index is 13.8. The van der Waals surface area contributed by atoms with Gasteiger partial charge in [0.25, 0.3) is 0 Å². The van der Waals surface area contributed by atoms with Gasteiger partial charge in [0.05, 0.1) is 5.69 Å². The van der Waals surface area contributed by atoms with Crippen molar-refractivity contribution < 1.29 is 18.8 Å². The number of nitrogens with one attached hydrogen (secondary N) is 3. The topological polar surface area (TPSA) is 90.5 Å². The van der Waals surface area contributed by atoms with Gasteiger partial charge >= 0.3 is 6.03 Å². The van der Waals surface area contributed by atoms with E-state index < -0.39 is 17.9 Å². The van der Waals surface area contributed by atoms with Crippen molar-refractivity contribution in [3.05, 3.63) is 59.4 Å². The molecule has 0 aromatic heterocycles. The molecule has 3 N–H and O–H groups in total. The maximum atomic E-state index is 13.8. The molecule has 4 amide bonds.